The summed E-state index contributed by atoms with van der Waals surface area (Å²) in [6, 6.07) is 4.09. The fraction of sp³-hybridized carbons (Fsp3) is 0.500. The zero-order valence-electron chi connectivity index (χ0n) is 10.8. The van der Waals surface area contributed by atoms with Crippen molar-refractivity contribution < 1.29 is 9.53 Å². The summed E-state index contributed by atoms with van der Waals surface area (Å²) in [4.78, 5) is 12.2. The van der Waals surface area contributed by atoms with Gasteiger partial charge < -0.3 is 10.1 Å². The molecule has 1 aromatic rings. The van der Waals surface area contributed by atoms with Crippen LogP contribution < -0.4 is 5.32 Å². The van der Waals surface area contributed by atoms with Crippen LogP contribution in [0.4, 0.5) is 5.69 Å². The van der Waals surface area contributed by atoms with Crippen LogP contribution in [0.25, 0.3) is 0 Å². The maximum absolute atomic E-state index is 12.2. The van der Waals surface area contributed by atoms with Crippen molar-refractivity contribution in [1.29, 1.82) is 0 Å². The normalized spacial score (nSPS) is 16.6. The molecule has 0 spiro atoms. The van der Waals surface area contributed by atoms with E-state index in [1.807, 2.05) is 19.9 Å². The van der Waals surface area contributed by atoms with Gasteiger partial charge in [0.1, 0.15) is 0 Å². The highest BCUT2D eigenvalue weighted by atomic mass is 79.9. The molecule has 2 rings (SSSR count). The van der Waals surface area contributed by atoms with Gasteiger partial charge in [-0.05, 0) is 59.8 Å². The summed E-state index contributed by atoms with van der Waals surface area (Å²) in [5, 5.41) is 3.03. The SMILES string of the molecule is Cc1cc(C)c(NC(=O)C2CCOCC2)c(Br)c1. The number of ether oxygens (including phenoxy) is 1. The Morgan fingerprint density at radius 3 is 2.61 bits per heavy atom. The smallest absolute Gasteiger partial charge is 0.227 e. The second-order valence-electron chi connectivity index (χ2n) is 4.81. The van der Waals surface area contributed by atoms with Gasteiger partial charge in [0.05, 0.1) is 5.69 Å². The van der Waals surface area contributed by atoms with E-state index in [0.29, 0.717) is 13.2 Å². The molecule has 0 atom stereocenters. The fourth-order valence-corrected chi connectivity index (χ4v) is 3.03. The Labute approximate surface area is 116 Å². The van der Waals surface area contributed by atoms with E-state index in [1.165, 1.54) is 5.56 Å². The number of carbonyl (C=O) groups excluding carboxylic acids is 1. The third-order valence-corrected chi connectivity index (χ3v) is 3.90. The lowest BCUT2D eigenvalue weighted by molar-refractivity contribution is -0.122. The first-order valence-electron chi connectivity index (χ1n) is 6.23. The van der Waals surface area contributed by atoms with Crippen molar-refractivity contribution in [3.8, 4) is 0 Å². The Morgan fingerprint density at radius 2 is 2.00 bits per heavy atom. The largest absolute Gasteiger partial charge is 0.381 e. The molecule has 0 bridgehead atoms. The van der Waals surface area contributed by atoms with Crippen LogP contribution in [-0.2, 0) is 9.53 Å². The van der Waals surface area contributed by atoms with Gasteiger partial charge in [0, 0.05) is 23.6 Å². The highest BCUT2D eigenvalue weighted by Gasteiger charge is 2.22. The van der Waals surface area contributed by atoms with Crippen LogP contribution in [0.1, 0.15) is 24.0 Å². The van der Waals surface area contributed by atoms with E-state index >= 15 is 0 Å². The average molecular weight is 312 g/mol. The van der Waals surface area contributed by atoms with Crippen LogP contribution in [0.15, 0.2) is 16.6 Å². The summed E-state index contributed by atoms with van der Waals surface area (Å²) in [7, 11) is 0. The van der Waals surface area contributed by atoms with Crippen molar-refractivity contribution in [2.45, 2.75) is 26.7 Å². The van der Waals surface area contributed by atoms with Crippen LogP contribution in [0.2, 0.25) is 0 Å². The number of carbonyl (C=O) groups is 1. The molecule has 1 heterocycles. The number of halogens is 1. The minimum atomic E-state index is 0.0753. The minimum absolute atomic E-state index is 0.0753. The number of amides is 1. The molecule has 1 N–H and O–H groups in total. The monoisotopic (exact) mass is 311 g/mol. The number of nitrogens with one attached hydrogen (secondary N) is 1. The number of benzene rings is 1. The van der Waals surface area contributed by atoms with Crippen LogP contribution >= 0.6 is 15.9 Å². The zero-order valence-corrected chi connectivity index (χ0v) is 12.3. The first kappa shape index (κ1) is 13.6. The molecule has 18 heavy (non-hydrogen) atoms. The van der Waals surface area contributed by atoms with Crippen LogP contribution in [0, 0.1) is 19.8 Å². The summed E-state index contributed by atoms with van der Waals surface area (Å²) in [5.41, 5.74) is 3.16. The Kier molecular flexibility index (Phi) is 4.40. The molecule has 1 saturated heterocycles. The van der Waals surface area contributed by atoms with Crippen LogP contribution in [0.3, 0.4) is 0 Å². The Morgan fingerprint density at radius 1 is 1.33 bits per heavy atom. The van der Waals surface area contributed by atoms with Gasteiger partial charge >= 0.3 is 0 Å². The van der Waals surface area contributed by atoms with Gasteiger partial charge in [-0.1, -0.05) is 6.07 Å². The van der Waals surface area contributed by atoms with Gasteiger partial charge in [-0.15, -0.1) is 0 Å². The number of hydrogen-bond donors (Lipinski definition) is 1. The molecule has 1 aromatic carbocycles. The standard InChI is InChI=1S/C14H18BrNO2/c1-9-7-10(2)13(12(15)8-9)16-14(17)11-3-5-18-6-4-11/h7-8,11H,3-6H2,1-2H3,(H,16,17). The molecule has 0 aromatic heterocycles. The van der Waals surface area contributed by atoms with Gasteiger partial charge in [-0.25, -0.2) is 0 Å². The van der Waals surface area contributed by atoms with E-state index in [9.17, 15) is 4.79 Å². The molecule has 0 unspecified atom stereocenters. The topological polar surface area (TPSA) is 38.3 Å². The maximum Gasteiger partial charge on any atom is 0.227 e. The minimum Gasteiger partial charge on any atom is -0.381 e. The Bertz CT molecular complexity index is 430. The van der Waals surface area contributed by atoms with Gasteiger partial charge in [-0.2, -0.15) is 0 Å². The molecule has 0 aliphatic carbocycles. The summed E-state index contributed by atoms with van der Waals surface area (Å²) in [6.45, 7) is 5.43. The van der Waals surface area contributed by atoms with Crippen LogP contribution in [-0.4, -0.2) is 19.1 Å². The molecule has 1 aliphatic heterocycles. The fourth-order valence-electron chi connectivity index (χ4n) is 2.26. The summed E-state index contributed by atoms with van der Waals surface area (Å²) < 4.78 is 6.22. The summed E-state index contributed by atoms with van der Waals surface area (Å²) in [5.74, 6) is 0.178. The molecule has 0 radical (unpaired) electrons. The van der Waals surface area contributed by atoms with Gasteiger partial charge in [0.2, 0.25) is 5.91 Å². The first-order chi connectivity index (χ1) is 8.58. The molecule has 1 amide bonds. The highest BCUT2D eigenvalue weighted by Crippen LogP contribution is 2.29. The quantitative estimate of drug-likeness (QED) is 0.908. The van der Waals surface area contributed by atoms with E-state index in [2.05, 4.69) is 27.3 Å². The Balaban J connectivity index is 2.11. The summed E-state index contributed by atoms with van der Waals surface area (Å²) in [6.07, 6.45) is 1.63. The first-order valence-corrected chi connectivity index (χ1v) is 7.02. The predicted octanol–water partition coefficient (Wildman–Crippen LogP) is 3.43. The average Bonchev–Trinajstić information content (AvgIpc) is 2.34. The van der Waals surface area contributed by atoms with Crippen LogP contribution in [0.5, 0.6) is 0 Å². The Hall–Kier alpha value is -0.870. The number of anilines is 1. The molecular formula is C14H18BrNO2. The molecule has 98 valence electrons. The predicted molar refractivity (Wildman–Crippen MR) is 75.8 cm³/mol. The lowest BCUT2D eigenvalue weighted by atomic mass is 9.99. The maximum atomic E-state index is 12.2. The van der Waals surface area contributed by atoms with Crippen molar-refractivity contribution in [3.05, 3.63) is 27.7 Å². The lowest BCUT2D eigenvalue weighted by Gasteiger charge is -2.22. The highest BCUT2D eigenvalue weighted by molar-refractivity contribution is 9.10. The van der Waals surface area contributed by atoms with Crippen molar-refractivity contribution in [1.82, 2.24) is 0 Å². The molecule has 1 aliphatic rings. The third kappa shape index (κ3) is 3.12. The number of hydrogen-bond acceptors (Lipinski definition) is 2. The second-order valence-corrected chi connectivity index (χ2v) is 5.67. The molecule has 4 heteroatoms. The molecular weight excluding hydrogens is 294 g/mol. The number of aryl methyl sites for hydroxylation is 2. The van der Waals surface area contributed by atoms with E-state index in [0.717, 1.165) is 28.6 Å². The van der Waals surface area contributed by atoms with E-state index in [1.54, 1.807) is 0 Å². The second kappa shape index (κ2) is 5.85. The van der Waals surface area contributed by atoms with E-state index in [-0.39, 0.29) is 11.8 Å². The third-order valence-electron chi connectivity index (χ3n) is 3.27. The lowest BCUT2D eigenvalue weighted by Crippen LogP contribution is -2.28. The van der Waals surface area contributed by atoms with Crippen molar-refractivity contribution in [3.63, 3.8) is 0 Å². The van der Waals surface area contributed by atoms with Gasteiger partial charge in [-0.3, -0.25) is 4.79 Å². The number of rotatable bonds is 2. The molecule has 0 saturated carbocycles. The summed E-state index contributed by atoms with van der Waals surface area (Å²) >= 11 is 3.51. The van der Waals surface area contributed by atoms with Crippen molar-refractivity contribution in [2.75, 3.05) is 18.5 Å². The van der Waals surface area contributed by atoms with E-state index < -0.39 is 0 Å². The zero-order chi connectivity index (χ0) is 13.1. The van der Waals surface area contributed by atoms with Gasteiger partial charge in [0.25, 0.3) is 0 Å². The molecule has 3 nitrogen and oxygen atoms in total. The van der Waals surface area contributed by atoms with Crippen molar-refractivity contribution >= 4 is 27.5 Å². The van der Waals surface area contributed by atoms with Crippen molar-refractivity contribution in [2.24, 2.45) is 5.92 Å². The van der Waals surface area contributed by atoms with E-state index in [4.69, 9.17) is 4.74 Å². The molecule has 1 fully saturated rings. The van der Waals surface area contributed by atoms with Gasteiger partial charge in [0.15, 0.2) is 0 Å².